The van der Waals surface area contributed by atoms with E-state index in [0.29, 0.717) is 0 Å². The molecule has 14 heavy (non-hydrogen) atoms. The van der Waals surface area contributed by atoms with Crippen LogP contribution in [0.3, 0.4) is 0 Å². The van der Waals surface area contributed by atoms with Crippen LogP contribution in [0, 0.1) is 12.8 Å². The second-order valence-electron chi connectivity index (χ2n) is 4.28. The van der Waals surface area contributed by atoms with Gasteiger partial charge in [0, 0.05) is 9.75 Å². The molecule has 1 N–H and O–H groups in total. The number of aryl methyl sites for hydroxylation is 1. The molecule has 1 saturated heterocycles. The Balaban J connectivity index is 1.89. The van der Waals surface area contributed by atoms with E-state index < -0.39 is 0 Å². The molecule has 1 aromatic rings. The van der Waals surface area contributed by atoms with Crippen molar-refractivity contribution in [2.24, 2.45) is 5.92 Å². The lowest BCUT2D eigenvalue weighted by Crippen LogP contribution is -2.21. The smallest absolute Gasteiger partial charge is 0.00513 e. The quantitative estimate of drug-likeness (QED) is 0.789. The minimum absolute atomic E-state index is 0.871. The summed E-state index contributed by atoms with van der Waals surface area (Å²) in [5.41, 5.74) is 0. The van der Waals surface area contributed by atoms with Crippen LogP contribution >= 0.6 is 11.3 Å². The molecule has 1 unspecified atom stereocenters. The Labute approximate surface area is 90.5 Å². The normalized spacial score (nSPS) is 23.4. The van der Waals surface area contributed by atoms with E-state index in [0.717, 1.165) is 5.92 Å². The zero-order valence-electron chi connectivity index (χ0n) is 8.88. The van der Waals surface area contributed by atoms with Crippen LogP contribution in [0.2, 0.25) is 0 Å². The molecule has 1 nitrogen and oxygen atoms in total. The van der Waals surface area contributed by atoms with E-state index in [4.69, 9.17) is 0 Å². The van der Waals surface area contributed by atoms with Gasteiger partial charge in [-0.2, -0.15) is 0 Å². The van der Waals surface area contributed by atoms with Gasteiger partial charge < -0.3 is 5.32 Å². The lowest BCUT2D eigenvalue weighted by molar-refractivity contribution is 0.480. The SMILES string of the molecule is Cc1ccc(CC2CCCCNC2)s1. The highest BCUT2D eigenvalue weighted by Crippen LogP contribution is 2.22. The first-order valence-electron chi connectivity index (χ1n) is 5.60. The predicted molar refractivity (Wildman–Crippen MR) is 63.0 cm³/mol. The Bertz CT molecular complexity index is 272. The number of thiophene rings is 1. The fraction of sp³-hybridized carbons (Fsp3) is 0.667. The molecule has 0 spiro atoms. The van der Waals surface area contributed by atoms with E-state index in [9.17, 15) is 0 Å². The summed E-state index contributed by atoms with van der Waals surface area (Å²) in [6.45, 7) is 4.64. The van der Waals surface area contributed by atoms with Crippen molar-refractivity contribution in [1.82, 2.24) is 5.32 Å². The third kappa shape index (κ3) is 2.82. The van der Waals surface area contributed by atoms with E-state index in [1.807, 2.05) is 11.3 Å². The summed E-state index contributed by atoms with van der Waals surface area (Å²) < 4.78 is 0. The van der Waals surface area contributed by atoms with Gasteiger partial charge in [-0.15, -0.1) is 11.3 Å². The average molecular weight is 209 g/mol. The second-order valence-corrected chi connectivity index (χ2v) is 5.65. The molecule has 0 aromatic carbocycles. The van der Waals surface area contributed by atoms with Crippen LogP contribution in [-0.2, 0) is 6.42 Å². The Kier molecular flexibility index (Phi) is 3.60. The van der Waals surface area contributed by atoms with Crippen molar-refractivity contribution in [2.75, 3.05) is 13.1 Å². The largest absolute Gasteiger partial charge is 0.316 e. The van der Waals surface area contributed by atoms with Crippen LogP contribution < -0.4 is 5.32 Å². The topological polar surface area (TPSA) is 12.0 Å². The Morgan fingerprint density at radius 1 is 1.43 bits per heavy atom. The minimum atomic E-state index is 0.871. The van der Waals surface area contributed by atoms with Crippen molar-refractivity contribution >= 4 is 11.3 Å². The molecule has 1 aliphatic rings. The van der Waals surface area contributed by atoms with E-state index >= 15 is 0 Å². The van der Waals surface area contributed by atoms with Gasteiger partial charge in [0.25, 0.3) is 0 Å². The molecule has 0 saturated carbocycles. The van der Waals surface area contributed by atoms with Gasteiger partial charge in [0.2, 0.25) is 0 Å². The molecule has 2 heterocycles. The Hall–Kier alpha value is -0.340. The number of hydrogen-bond acceptors (Lipinski definition) is 2. The van der Waals surface area contributed by atoms with Crippen molar-refractivity contribution in [3.8, 4) is 0 Å². The van der Waals surface area contributed by atoms with Crippen molar-refractivity contribution in [3.05, 3.63) is 21.9 Å². The van der Waals surface area contributed by atoms with Gasteiger partial charge in [-0.1, -0.05) is 6.42 Å². The van der Waals surface area contributed by atoms with Gasteiger partial charge in [-0.3, -0.25) is 0 Å². The number of rotatable bonds is 2. The molecular weight excluding hydrogens is 190 g/mol. The summed E-state index contributed by atoms with van der Waals surface area (Å²) in [6.07, 6.45) is 5.46. The fourth-order valence-electron chi connectivity index (χ4n) is 2.14. The zero-order chi connectivity index (χ0) is 9.80. The second kappa shape index (κ2) is 4.94. The molecule has 0 radical (unpaired) electrons. The van der Waals surface area contributed by atoms with Crippen LogP contribution in [0.5, 0.6) is 0 Å². The Morgan fingerprint density at radius 3 is 3.14 bits per heavy atom. The van der Waals surface area contributed by atoms with Crippen molar-refractivity contribution in [2.45, 2.75) is 32.6 Å². The summed E-state index contributed by atoms with van der Waals surface area (Å²) in [6, 6.07) is 4.54. The summed E-state index contributed by atoms with van der Waals surface area (Å²) in [5.74, 6) is 0.871. The van der Waals surface area contributed by atoms with Gasteiger partial charge in [0.05, 0.1) is 0 Å². The lowest BCUT2D eigenvalue weighted by atomic mass is 9.99. The van der Waals surface area contributed by atoms with E-state index in [1.54, 1.807) is 4.88 Å². The van der Waals surface area contributed by atoms with E-state index in [-0.39, 0.29) is 0 Å². The van der Waals surface area contributed by atoms with E-state index in [1.165, 1.54) is 43.6 Å². The molecule has 1 atom stereocenters. The summed E-state index contributed by atoms with van der Waals surface area (Å²) >= 11 is 1.96. The molecule has 2 heteroatoms. The summed E-state index contributed by atoms with van der Waals surface area (Å²) in [4.78, 5) is 3.01. The van der Waals surface area contributed by atoms with Crippen LogP contribution in [-0.4, -0.2) is 13.1 Å². The average Bonchev–Trinajstić information content (AvgIpc) is 2.43. The molecule has 78 valence electrons. The molecule has 0 bridgehead atoms. The van der Waals surface area contributed by atoms with Crippen LogP contribution in [0.1, 0.15) is 29.0 Å². The first-order valence-corrected chi connectivity index (χ1v) is 6.42. The molecule has 1 aliphatic heterocycles. The van der Waals surface area contributed by atoms with Crippen molar-refractivity contribution < 1.29 is 0 Å². The fourth-order valence-corrected chi connectivity index (χ4v) is 3.15. The maximum Gasteiger partial charge on any atom is 0.00513 e. The summed E-state index contributed by atoms with van der Waals surface area (Å²) in [5, 5.41) is 3.53. The zero-order valence-corrected chi connectivity index (χ0v) is 9.70. The van der Waals surface area contributed by atoms with Crippen molar-refractivity contribution in [3.63, 3.8) is 0 Å². The molecule has 0 aliphatic carbocycles. The van der Waals surface area contributed by atoms with Gasteiger partial charge in [-0.05, 0) is 57.3 Å². The third-order valence-electron chi connectivity index (χ3n) is 2.93. The highest BCUT2D eigenvalue weighted by Gasteiger charge is 2.12. The van der Waals surface area contributed by atoms with Crippen molar-refractivity contribution in [1.29, 1.82) is 0 Å². The number of nitrogens with one attached hydrogen (secondary N) is 1. The minimum Gasteiger partial charge on any atom is -0.316 e. The van der Waals surface area contributed by atoms with E-state index in [2.05, 4.69) is 24.4 Å². The predicted octanol–water partition coefficient (Wildman–Crippen LogP) is 2.99. The first kappa shape index (κ1) is 10.2. The summed E-state index contributed by atoms with van der Waals surface area (Å²) in [7, 11) is 0. The highest BCUT2D eigenvalue weighted by atomic mass is 32.1. The van der Waals surface area contributed by atoms with Gasteiger partial charge in [-0.25, -0.2) is 0 Å². The molecular formula is C12H19NS. The van der Waals surface area contributed by atoms with Crippen LogP contribution in [0.25, 0.3) is 0 Å². The molecule has 2 rings (SSSR count). The molecule has 0 amide bonds. The third-order valence-corrected chi connectivity index (χ3v) is 3.96. The first-order chi connectivity index (χ1) is 6.84. The monoisotopic (exact) mass is 209 g/mol. The Morgan fingerprint density at radius 2 is 2.36 bits per heavy atom. The molecule has 1 fully saturated rings. The highest BCUT2D eigenvalue weighted by molar-refractivity contribution is 7.11. The van der Waals surface area contributed by atoms with Crippen LogP contribution in [0.15, 0.2) is 12.1 Å². The molecule has 1 aromatic heterocycles. The number of hydrogen-bond donors (Lipinski definition) is 1. The maximum absolute atomic E-state index is 3.53. The maximum atomic E-state index is 3.53. The van der Waals surface area contributed by atoms with Gasteiger partial charge >= 0.3 is 0 Å². The standard InChI is InChI=1S/C12H19NS/c1-10-5-6-12(14-10)8-11-4-2-3-7-13-9-11/h5-6,11,13H,2-4,7-9H2,1H3. The van der Waals surface area contributed by atoms with Gasteiger partial charge in [0.15, 0.2) is 0 Å². The van der Waals surface area contributed by atoms with Gasteiger partial charge in [0.1, 0.15) is 0 Å². The lowest BCUT2D eigenvalue weighted by Gasteiger charge is -2.12. The van der Waals surface area contributed by atoms with Crippen LogP contribution in [0.4, 0.5) is 0 Å².